The number of benzene rings is 2. The zero-order chi connectivity index (χ0) is 21.3. The van der Waals surface area contributed by atoms with Crippen LogP contribution in [0, 0.1) is 13.8 Å². The van der Waals surface area contributed by atoms with Crippen LogP contribution in [0.1, 0.15) is 27.8 Å². The van der Waals surface area contributed by atoms with E-state index in [9.17, 15) is 9.90 Å². The summed E-state index contributed by atoms with van der Waals surface area (Å²) in [7, 11) is 0. The van der Waals surface area contributed by atoms with Crippen LogP contribution in [0.5, 0.6) is 0 Å². The number of hydrogen-bond donors (Lipinski definition) is 0. The lowest BCUT2D eigenvalue weighted by Gasteiger charge is -2.46. The van der Waals surface area contributed by atoms with Crippen molar-refractivity contribution < 1.29 is 14.6 Å². The Morgan fingerprint density at radius 2 is 1.60 bits per heavy atom. The second-order valence-corrected chi connectivity index (χ2v) is 8.67. The number of carboxylic acid groups (broad SMARTS) is 1. The van der Waals surface area contributed by atoms with Gasteiger partial charge in [0.05, 0.1) is 5.54 Å². The molecular weight excluding hydrogens is 376 g/mol. The molecule has 0 aromatic heterocycles. The fourth-order valence-electron chi connectivity index (χ4n) is 4.89. The molecule has 2 aliphatic rings. The van der Waals surface area contributed by atoms with E-state index in [-0.39, 0.29) is 5.54 Å². The summed E-state index contributed by atoms with van der Waals surface area (Å²) in [5.74, 6) is 0.686. The zero-order valence-electron chi connectivity index (χ0n) is 17.8. The van der Waals surface area contributed by atoms with Gasteiger partial charge in [0, 0.05) is 31.7 Å². The number of amides is 1. The Morgan fingerprint density at radius 3 is 2.13 bits per heavy atom. The van der Waals surface area contributed by atoms with Crippen LogP contribution in [0.15, 0.2) is 49.0 Å². The molecule has 1 aliphatic carbocycles. The van der Waals surface area contributed by atoms with E-state index in [4.69, 9.17) is 4.74 Å². The lowest BCUT2D eigenvalue weighted by Crippen LogP contribution is -2.61. The standard InChI is InChI=1S/C25H30N2O3/c1-18-12-19(2)14-23(13-18)20(3)30-17-25(15-21-6-4-5-7-22(21)16-25)27-10-8-26(9-11-27)24(28)29/h4-7,12-14H,3,8-11,15-17H2,1-2H3,(H,28,29)/p-1. The average molecular weight is 406 g/mol. The summed E-state index contributed by atoms with van der Waals surface area (Å²) in [5.41, 5.74) is 5.90. The maximum Gasteiger partial charge on any atom is 0.137 e. The molecular formula is C25H29N2O3-. The fourth-order valence-corrected chi connectivity index (χ4v) is 4.89. The van der Waals surface area contributed by atoms with Crippen molar-refractivity contribution in [3.8, 4) is 0 Å². The van der Waals surface area contributed by atoms with Gasteiger partial charge >= 0.3 is 0 Å². The molecule has 1 amide bonds. The molecule has 2 aromatic carbocycles. The Labute approximate surface area is 178 Å². The maximum atomic E-state index is 11.2. The number of nitrogens with zero attached hydrogens (tertiary/aromatic N) is 2. The molecule has 5 nitrogen and oxygen atoms in total. The van der Waals surface area contributed by atoms with E-state index in [2.05, 4.69) is 67.8 Å². The summed E-state index contributed by atoms with van der Waals surface area (Å²) in [4.78, 5) is 15.0. The number of ether oxygens (including phenoxy) is 1. The molecule has 1 aliphatic heterocycles. The van der Waals surface area contributed by atoms with Crippen LogP contribution in [0.4, 0.5) is 4.79 Å². The van der Waals surface area contributed by atoms with Gasteiger partial charge in [0.2, 0.25) is 0 Å². The van der Waals surface area contributed by atoms with Gasteiger partial charge < -0.3 is 19.5 Å². The maximum absolute atomic E-state index is 11.2. The van der Waals surface area contributed by atoms with Crippen molar-refractivity contribution in [2.24, 2.45) is 0 Å². The van der Waals surface area contributed by atoms with Gasteiger partial charge in [-0.2, -0.15) is 0 Å². The Kier molecular flexibility index (Phi) is 5.56. The number of rotatable bonds is 5. The van der Waals surface area contributed by atoms with Crippen LogP contribution < -0.4 is 5.11 Å². The van der Waals surface area contributed by atoms with Gasteiger partial charge in [0.1, 0.15) is 18.5 Å². The van der Waals surface area contributed by atoms with Crippen LogP contribution in [0.2, 0.25) is 0 Å². The summed E-state index contributed by atoms with van der Waals surface area (Å²) in [6, 6.07) is 14.9. The number of aryl methyl sites for hydroxylation is 2. The molecule has 0 spiro atoms. The van der Waals surface area contributed by atoms with Crippen molar-refractivity contribution in [2.45, 2.75) is 32.2 Å². The van der Waals surface area contributed by atoms with Crippen molar-refractivity contribution in [2.75, 3.05) is 32.8 Å². The molecule has 0 saturated carbocycles. The molecule has 0 atom stereocenters. The van der Waals surface area contributed by atoms with Crippen LogP contribution in [-0.4, -0.2) is 54.2 Å². The number of carbonyl (C=O) groups is 1. The minimum Gasteiger partial charge on any atom is -0.530 e. The topological polar surface area (TPSA) is 55.8 Å². The van der Waals surface area contributed by atoms with Crippen molar-refractivity contribution in [3.05, 3.63) is 76.9 Å². The predicted octanol–water partition coefficient (Wildman–Crippen LogP) is 2.79. The molecule has 0 radical (unpaired) electrons. The molecule has 1 heterocycles. The molecule has 1 saturated heterocycles. The van der Waals surface area contributed by atoms with E-state index in [1.54, 1.807) is 0 Å². The first-order valence-corrected chi connectivity index (χ1v) is 10.5. The number of carbonyl (C=O) groups excluding carboxylic acids is 1. The number of fused-ring (bicyclic) bond motifs is 1. The van der Waals surface area contributed by atoms with Crippen molar-refractivity contribution in [1.29, 1.82) is 0 Å². The highest BCUT2D eigenvalue weighted by molar-refractivity contribution is 5.62. The molecule has 0 bridgehead atoms. The molecule has 0 unspecified atom stereocenters. The quantitative estimate of drug-likeness (QED) is 0.718. The molecule has 2 aromatic rings. The van der Waals surface area contributed by atoms with Gasteiger partial charge in [0.25, 0.3) is 0 Å². The smallest absolute Gasteiger partial charge is 0.137 e. The monoisotopic (exact) mass is 405 g/mol. The SMILES string of the molecule is C=C(OCC1(N2CCN(C(=O)[O-])CC2)Cc2ccccc2C1)c1cc(C)cc(C)c1. The summed E-state index contributed by atoms with van der Waals surface area (Å²) in [6.07, 6.45) is 0.710. The van der Waals surface area contributed by atoms with Crippen molar-refractivity contribution in [3.63, 3.8) is 0 Å². The number of piperazine rings is 1. The highest BCUT2D eigenvalue weighted by Crippen LogP contribution is 2.36. The Bertz CT molecular complexity index is 915. The second kappa shape index (κ2) is 8.15. The number of hydrogen-bond acceptors (Lipinski definition) is 4. The van der Waals surface area contributed by atoms with E-state index in [0.717, 1.165) is 18.4 Å². The zero-order valence-corrected chi connectivity index (χ0v) is 17.8. The summed E-state index contributed by atoms with van der Waals surface area (Å²) < 4.78 is 6.31. The minimum absolute atomic E-state index is 0.191. The molecule has 158 valence electrons. The van der Waals surface area contributed by atoms with Gasteiger partial charge in [-0.3, -0.25) is 4.90 Å². The molecule has 4 rings (SSSR count). The molecule has 1 fully saturated rings. The van der Waals surface area contributed by atoms with Gasteiger partial charge in [-0.25, -0.2) is 0 Å². The van der Waals surface area contributed by atoms with Crippen LogP contribution in [0.25, 0.3) is 5.76 Å². The largest absolute Gasteiger partial charge is 0.530 e. The van der Waals surface area contributed by atoms with Gasteiger partial charge in [-0.05, 0) is 49.9 Å². The molecule has 30 heavy (non-hydrogen) atoms. The van der Waals surface area contributed by atoms with Crippen LogP contribution in [-0.2, 0) is 17.6 Å². The Balaban J connectivity index is 1.53. The van der Waals surface area contributed by atoms with Gasteiger partial charge in [-0.1, -0.05) is 48.0 Å². The van der Waals surface area contributed by atoms with E-state index in [1.807, 2.05) is 0 Å². The second-order valence-electron chi connectivity index (χ2n) is 8.67. The first kappa shape index (κ1) is 20.5. The van der Waals surface area contributed by atoms with Crippen molar-refractivity contribution in [1.82, 2.24) is 9.80 Å². The third kappa shape index (κ3) is 4.08. The minimum atomic E-state index is -1.09. The summed E-state index contributed by atoms with van der Waals surface area (Å²) in [5, 5.41) is 11.2. The Morgan fingerprint density at radius 1 is 1.03 bits per heavy atom. The first-order valence-electron chi connectivity index (χ1n) is 10.5. The third-order valence-corrected chi connectivity index (χ3v) is 6.42. The highest BCUT2D eigenvalue weighted by atomic mass is 16.5. The van der Waals surface area contributed by atoms with Crippen molar-refractivity contribution >= 4 is 11.9 Å². The molecule has 0 N–H and O–H groups in total. The third-order valence-electron chi connectivity index (χ3n) is 6.42. The van der Waals surface area contributed by atoms with Crippen LogP contribution in [0.3, 0.4) is 0 Å². The Hall–Kier alpha value is -2.79. The van der Waals surface area contributed by atoms with E-state index < -0.39 is 6.09 Å². The lowest BCUT2D eigenvalue weighted by molar-refractivity contribution is -0.267. The summed E-state index contributed by atoms with van der Waals surface area (Å²) >= 11 is 0. The van der Waals surface area contributed by atoms with Gasteiger partial charge in [-0.15, -0.1) is 0 Å². The average Bonchev–Trinajstić information content (AvgIpc) is 3.11. The van der Waals surface area contributed by atoms with E-state index in [0.29, 0.717) is 38.5 Å². The normalized spacial score (nSPS) is 18.1. The molecule has 5 heteroatoms. The lowest BCUT2D eigenvalue weighted by atomic mass is 9.93. The first-order chi connectivity index (χ1) is 14.4. The van der Waals surface area contributed by atoms with Crippen LogP contribution >= 0.6 is 0 Å². The summed E-state index contributed by atoms with van der Waals surface area (Å²) in [6.45, 7) is 11.2. The van der Waals surface area contributed by atoms with E-state index in [1.165, 1.54) is 27.2 Å². The van der Waals surface area contributed by atoms with Gasteiger partial charge in [0.15, 0.2) is 0 Å². The highest BCUT2D eigenvalue weighted by Gasteiger charge is 2.44. The fraction of sp³-hybridized carbons (Fsp3) is 0.400. The van der Waals surface area contributed by atoms with E-state index >= 15 is 0 Å². The predicted molar refractivity (Wildman–Crippen MR) is 116 cm³/mol.